The molecule has 0 saturated heterocycles. The van der Waals surface area contributed by atoms with Gasteiger partial charge in [-0.1, -0.05) is 30.3 Å². The summed E-state index contributed by atoms with van der Waals surface area (Å²) in [6, 6.07) is 19.1. The molecule has 1 aliphatic heterocycles. The first kappa shape index (κ1) is 17.0. The highest BCUT2D eigenvalue weighted by Crippen LogP contribution is 2.37. The third kappa shape index (κ3) is 3.72. The van der Waals surface area contributed by atoms with Crippen LogP contribution in [0.4, 0.5) is 11.4 Å². The number of rotatable bonds is 5. The number of furan rings is 1. The molecule has 0 spiro atoms. The van der Waals surface area contributed by atoms with Crippen LogP contribution < -0.4 is 15.4 Å². The zero-order valence-corrected chi connectivity index (χ0v) is 14.8. The van der Waals surface area contributed by atoms with Gasteiger partial charge >= 0.3 is 0 Å². The van der Waals surface area contributed by atoms with Crippen molar-refractivity contribution in [3.05, 3.63) is 84.0 Å². The molecule has 1 aromatic heterocycles. The van der Waals surface area contributed by atoms with Crippen LogP contribution in [0, 0.1) is 0 Å². The average molecular weight is 360 g/mol. The number of hydrogen-bond donors (Lipinski definition) is 1. The Kier molecular flexibility index (Phi) is 4.66. The van der Waals surface area contributed by atoms with Crippen LogP contribution in [0.25, 0.3) is 6.08 Å². The second-order valence-corrected chi connectivity index (χ2v) is 6.40. The summed E-state index contributed by atoms with van der Waals surface area (Å²) in [5, 5.41) is 0. The minimum absolute atomic E-state index is 0.184. The lowest BCUT2D eigenvalue weighted by atomic mass is 10.1. The number of amides is 1. The van der Waals surface area contributed by atoms with E-state index < -0.39 is 0 Å². The van der Waals surface area contributed by atoms with Crippen LogP contribution in [-0.4, -0.2) is 12.5 Å². The molecule has 27 heavy (non-hydrogen) atoms. The largest absolute Gasteiger partial charge is 0.465 e. The Balaban J connectivity index is 1.59. The summed E-state index contributed by atoms with van der Waals surface area (Å²) in [6.07, 6.45) is 4.91. The molecule has 5 nitrogen and oxygen atoms in total. The Hall–Kier alpha value is -3.47. The van der Waals surface area contributed by atoms with Crippen molar-refractivity contribution in [3.63, 3.8) is 0 Å². The summed E-state index contributed by atoms with van der Waals surface area (Å²) < 4.78 is 11.1. The van der Waals surface area contributed by atoms with Gasteiger partial charge in [0.1, 0.15) is 5.76 Å². The highest BCUT2D eigenvalue weighted by Gasteiger charge is 2.30. The first-order valence-corrected chi connectivity index (χ1v) is 8.89. The second-order valence-electron chi connectivity index (χ2n) is 6.40. The summed E-state index contributed by atoms with van der Waals surface area (Å²) in [6.45, 7) is 0.587. The van der Waals surface area contributed by atoms with Gasteiger partial charge in [-0.3, -0.25) is 4.79 Å². The molecule has 3 aromatic rings. The first-order chi connectivity index (χ1) is 13.2. The maximum atomic E-state index is 13.0. The van der Waals surface area contributed by atoms with E-state index in [-0.39, 0.29) is 11.7 Å². The number of nitrogen functional groups attached to an aromatic ring is 1. The number of anilines is 2. The number of hydrogen-bond acceptors (Lipinski definition) is 4. The molecule has 0 aliphatic carbocycles. The summed E-state index contributed by atoms with van der Waals surface area (Å²) in [4.78, 5) is 14.7. The van der Waals surface area contributed by atoms with Gasteiger partial charge in [-0.15, -0.1) is 0 Å². The minimum Gasteiger partial charge on any atom is -0.465 e. The molecule has 1 amide bonds. The van der Waals surface area contributed by atoms with E-state index in [4.69, 9.17) is 14.9 Å². The molecule has 1 aliphatic rings. The third-order valence-electron chi connectivity index (χ3n) is 4.46. The van der Waals surface area contributed by atoms with E-state index in [0.29, 0.717) is 23.7 Å². The van der Waals surface area contributed by atoms with E-state index >= 15 is 0 Å². The van der Waals surface area contributed by atoms with Gasteiger partial charge in [0.05, 0.1) is 12.0 Å². The zero-order chi connectivity index (χ0) is 18.6. The van der Waals surface area contributed by atoms with Crippen LogP contribution in [-0.2, 0) is 11.2 Å². The molecule has 5 heteroatoms. The maximum Gasteiger partial charge on any atom is 0.294 e. The fourth-order valence-electron chi connectivity index (χ4n) is 3.14. The number of ether oxygens (including phenoxy) is 1. The van der Waals surface area contributed by atoms with Crippen LogP contribution in [0.3, 0.4) is 0 Å². The summed E-state index contributed by atoms with van der Waals surface area (Å²) in [5.41, 5.74) is 8.47. The fraction of sp³-hybridized carbons (Fsp3) is 0.136. The SMILES string of the molecule is Nc1ccc2c(c1)O/C(=C/c1ccco1)C(=O)N2CCCc1ccccc1. The number of carbonyl (C=O) groups excluding carboxylic acids is 1. The lowest BCUT2D eigenvalue weighted by Gasteiger charge is -2.30. The van der Waals surface area contributed by atoms with Gasteiger partial charge < -0.3 is 19.8 Å². The molecule has 2 aromatic carbocycles. The molecule has 0 bridgehead atoms. The summed E-state index contributed by atoms with van der Waals surface area (Å²) in [7, 11) is 0. The maximum absolute atomic E-state index is 13.0. The molecular weight excluding hydrogens is 340 g/mol. The third-order valence-corrected chi connectivity index (χ3v) is 4.46. The molecule has 0 radical (unpaired) electrons. The Morgan fingerprint density at radius 2 is 1.89 bits per heavy atom. The molecule has 2 heterocycles. The number of fused-ring (bicyclic) bond motifs is 1. The Morgan fingerprint density at radius 3 is 2.67 bits per heavy atom. The van der Waals surface area contributed by atoms with E-state index in [2.05, 4.69) is 12.1 Å². The normalized spacial score (nSPS) is 14.9. The molecule has 136 valence electrons. The minimum atomic E-state index is -0.184. The van der Waals surface area contributed by atoms with Gasteiger partial charge in [-0.05, 0) is 42.7 Å². The molecular formula is C22H20N2O3. The topological polar surface area (TPSA) is 68.7 Å². The predicted octanol–water partition coefficient (Wildman–Crippen LogP) is 4.26. The van der Waals surface area contributed by atoms with Crippen molar-refractivity contribution in [1.29, 1.82) is 0 Å². The van der Waals surface area contributed by atoms with Gasteiger partial charge in [0.15, 0.2) is 11.5 Å². The van der Waals surface area contributed by atoms with Gasteiger partial charge in [-0.2, -0.15) is 0 Å². The predicted molar refractivity (Wildman–Crippen MR) is 105 cm³/mol. The smallest absolute Gasteiger partial charge is 0.294 e. The van der Waals surface area contributed by atoms with E-state index in [1.807, 2.05) is 24.3 Å². The molecule has 0 unspecified atom stereocenters. The van der Waals surface area contributed by atoms with Gasteiger partial charge in [0.25, 0.3) is 5.91 Å². The lowest BCUT2D eigenvalue weighted by Crippen LogP contribution is -2.38. The number of nitrogens with two attached hydrogens (primary N) is 1. The van der Waals surface area contributed by atoms with Crippen LogP contribution in [0.15, 0.2) is 77.1 Å². The molecule has 0 saturated carbocycles. The molecule has 4 rings (SSSR count). The Morgan fingerprint density at radius 1 is 1.04 bits per heavy atom. The van der Waals surface area contributed by atoms with Crippen LogP contribution in [0.2, 0.25) is 0 Å². The van der Waals surface area contributed by atoms with Crippen LogP contribution in [0.1, 0.15) is 17.7 Å². The summed E-state index contributed by atoms with van der Waals surface area (Å²) in [5.74, 6) is 1.18. The monoisotopic (exact) mass is 360 g/mol. The van der Waals surface area contributed by atoms with Gasteiger partial charge in [-0.25, -0.2) is 0 Å². The van der Waals surface area contributed by atoms with Gasteiger partial charge in [0, 0.05) is 24.4 Å². The molecule has 0 atom stereocenters. The van der Waals surface area contributed by atoms with Crippen molar-refractivity contribution in [3.8, 4) is 5.75 Å². The quantitative estimate of drug-likeness (QED) is 0.545. The van der Waals surface area contributed by atoms with E-state index in [0.717, 1.165) is 18.5 Å². The lowest BCUT2D eigenvalue weighted by molar-refractivity contribution is -0.117. The van der Waals surface area contributed by atoms with Crippen molar-refractivity contribution in [1.82, 2.24) is 0 Å². The van der Waals surface area contributed by atoms with Crippen LogP contribution >= 0.6 is 0 Å². The molecule has 0 fully saturated rings. The fourth-order valence-corrected chi connectivity index (χ4v) is 3.14. The second kappa shape index (κ2) is 7.41. The van der Waals surface area contributed by atoms with Crippen molar-refractivity contribution >= 4 is 23.4 Å². The van der Waals surface area contributed by atoms with Gasteiger partial charge in [0.2, 0.25) is 0 Å². The number of nitrogens with zero attached hydrogens (tertiary/aromatic N) is 1. The van der Waals surface area contributed by atoms with E-state index in [9.17, 15) is 4.79 Å². The Labute approximate surface area is 157 Å². The van der Waals surface area contributed by atoms with E-state index in [1.165, 1.54) is 5.56 Å². The number of carbonyl (C=O) groups is 1. The number of benzene rings is 2. The van der Waals surface area contributed by atoms with Crippen molar-refractivity contribution in [2.75, 3.05) is 17.2 Å². The highest BCUT2D eigenvalue weighted by atomic mass is 16.5. The van der Waals surface area contributed by atoms with E-state index in [1.54, 1.807) is 41.5 Å². The highest BCUT2D eigenvalue weighted by molar-refractivity contribution is 6.09. The first-order valence-electron chi connectivity index (χ1n) is 8.89. The Bertz CT molecular complexity index is 962. The van der Waals surface area contributed by atoms with Crippen molar-refractivity contribution in [2.24, 2.45) is 0 Å². The zero-order valence-electron chi connectivity index (χ0n) is 14.8. The number of aryl methyl sites for hydroxylation is 1. The van der Waals surface area contributed by atoms with Crippen LogP contribution in [0.5, 0.6) is 5.75 Å². The van der Waals surface area contributed by atoms with Crippen molar-refractivity contribution in [2.45, 2.75) is 12.8 Å². The molecule has 2 N–H and O–H groups in total. The standard InChI is InChI=1S/C22H20N2O3/c23-17-10-11-19-20(14-17)27-21(15-18-9-5-13-26-18)22(25)24(19)12-4-8-16-6-2-1-3-7-16/h1-3,5-7,9-11,13-15H,4,8,12,23H2/b21-15+. The van der Waals surface area contributed by atoms with Crippen molar-refractivity contribution < 1.29 is 13.9 Å². The average Bonchev–Trinajstić information content (AvgIpc) is 3.18. The summed E-state index contributed by atoms with van der Waals surface area (Å²) >= 11 is 0.